The second-order valence-corrected chi connectivity index (χ2v) is 13.0. The number of hydrogen-bond acceptors (Lipinski definition) is 11. The molecule has 12 nitrogen and oxygen atoms in total. The highest BCUT2D eigenvalue weighted by molar-refractivity contribution is 6.34. The minimum atomic E-state index is -1.19. The van der Waals surface area contributed by atoms with E-state index in [1.807, 2.05) is 48.5 Å². The highest BCUT2D eigenvalue weighted by atomic mass is 35.5. The van der Waals surface area contributed by atoms with Gasteiger partial charge in [0.1, 0.15) is 54.1 Å². The molecule has 6 rings (SSSR count). The number of fused-ring (bicyclic) bond motifs is 1. The van der Waals surface area contributed by atoms with E-state index in [9.17, 15) is 20.1 Å². The van der Waals surface area contributed by atoms with E-state index in [0.29, 0.717) is 39.7 Å². The van der Waals surface area contributed by atoms with Crippen LogP contribution in [0.3, 0.4) is 0 Å². The number of benzene rings is 4. The summed E-state index contributed by atoms with van der Waals surface area (Å²) in [7, 11) is 0. The van der Waals surface area contributed by atoms with E-state index in [4.69, 9.17) is 42.0 Å². The summed E-state index contributed by atoms with van der Waals surface area (Å²) in [6.07, 6.45) is 1.38. The summed E-state index contributed by atoms with van der Waals surface area (Å²) in [6, 6.07) is 21.0. The molecule has 0 unspecified atom stereocenters. The minimum Gasteiger partial charge on any atom is -0.492 e. The zero-order valence-electron chi connectivity index (χ0n) is 27.6. The predicted molar refractivity (Wildman–Crippen MR) is 191 cm³/mol. The van der Waals surface area contributed by atoms with Crippen molar-refractivity contribution in [2.75, 3.05) is 32.8 Å². The van der Waals surface area contributed by atoms with Crippen LogP contribution in [0.4, 0.5) is 0 Å². The van der Waals surface area contributed by atoms with E-state index >= 15 is 0 Å². The second-order valence-electron chi connectivity index (χ2n) is 12.2. The molecular weight excluding hydrogens is 699 g/mol. The molecule has 0 amide bonds. The lowest BCUT2D eigenvalue weighted by Gasteiger charge is -2.29. The van der Waals surface area contributed by atoms with Gasteiger partial charge >= 0.3 is 5.97 Å². The van der Waals surface area contributed by atoms with Gasteiger partial charge in [0.05, 0.1) is 22.8 Å². The number of aliphatic carboxylic acids is 1. The van der Waals surface area contributed by atoms with Crippen molar-refractivity contribution in [1.29, 1.82) is 0 Å². The maximum Gasteiger partial charge on any atom is 0.323 e. The highest BCUT2D eigenvalue weighted by Crippen LogP contribution is 2.36. The van der Waals surface area contributed by atoms with Crippen LogP contribution in [0.25, 0.3) is 22.2 Å². The molecule has 14 heteroatoms. The molecule has 268 valence electrons. The predicted octanol–water partition coefficient (Wildman–Crippen LogP) is 5.73. The number of aromatic nitrogens is 2. The van der Waals surface area contributed by atoms with Crippen LogP contribution < -0.4 is 19.5 Å². The number of piperidine rings is 1. The number of likely N-dealkylation sites (tertiary alicyclic amines) is 1. The van der Waals surface area contributed by atoms with E-state index in [0.717, 1.165) is 60.5 Å². The van der Waals surface area contributed by atoms with Crippen molar-refractivity contribution in [2.24, 2.45) is 0 Å². The van der Waals surface area contributed by atoms with E-state index in [1.54, 1.807) is 24.3 Å². The first kappa shape index (κ1) is 36.4. The molecule has 51 heavy (non-hydrogen) atoms. The Morgan fingerprint density at radius 2 is 1.71 bits per heavy atom. The van der Waals surface area contributed by atoms with Crippen LogP contribution in [0.1, 0.15) is 29.5 Å². The van der Waals surface area contributed by atoms with Gasteiger partial charge < -0.3 is 29.5 Å². The molecule has 0 bridgehead atoms. The van der Waals surface area contributed by atoms with E-state index in [2.05, 4.69) is 20.5 Å². The van der Waals surface area contributed by atoms with Gasteiger partial charge in [-0.05, 0) is 64.6 Å². The van der Waals surface area contributed by atoms with Crippen LogP contribution in [0.15, 0.2) is 77.4 Å². The molecule has 1 aliphatic rings. The van der Waals surface area contributed by atoms with Gasteiger partial charge in [-0.3, -0.25) is 15.0 Å². The normalized spacial score (nSPS) is 14.4. The SMILES string of the molecule is O=C(O)[C@@H](CO)NCc1cc(Cl)c(OCc2cccc(-c3cccc(OCCN4CCC(O)CC4)c3)c2Cl)cc1OCc1ccc2nonc2c1. The number of aliphatic hydroxyl groups excluding tert-OH is 2. The maximum absolute atomic E-state index is 11.5. The molecule has 5 aromatic rings. The van der Waals surface area contributed by atoms with Gasteiger partial charge in [-0.2, -0.15) is 0 Å². The number of nitrogens with zero attached hydrogens (tertiary/aromatic N) is 3. The largest absolute Gasteiger partial charge is 0.492 e. The lowest BCUT2D eigenvalue weighted by Crippen LogP contribution is -2.39. The van der Waals surface area contributed by atoms with Crippen LogP contribution in [-0.2, 0) is 24.6 Å². The lowest BCUT2D eigenvalue weighted by atomic mass is 10.0. The Kier molecular flexibility index (Phi) is 12.3. The quantitative estimate of drug-likeness (QED) is 0.0977. The summed E-state index contributed by atoms with van der Waals surface area (Å²) in [4.78, 5) is 13.8. The monoisotopic (exact) mass is 736 g/mol. The summed E-state index contributed by atoms with van der Waals surface area (Å²) in [5, 5.41) is 40.0. The third-order valence-corrected chi connectivity index (χ3v) is 9.43. The number of rotatable bonds is 16. The molecule has 0 saturated carbocycles. The van der Waals surface area contributed by atoms with Crippen molar-refractivity contribution in [2.45, 2.75) is 44.7 Å². The Balaban J connectivity index is 1.15. The molecule has 1 fully saturated rings. The molecule has 1 saturated heterocycles. The Labute approximate surface area is 304 Å². The Morgan fingerprint density at radius 3 is 2.51 bits per heavy atom. The first-order chi connectivity index (χ1) is 24.8. The van der Waals surface area contributed by atoms with Gasteiger partial charge in [0.2, 0.25) is 0 Å². The van der Waals surface area contributed by atoms with Crippen molar-refractivity contribution < 1.29 is 39.0 Å². The summed E-state index contributed by atoms with van der Waals surface area (Å²) in [5.74, 6) is 0.289. The molecule has 1 aliphatic heterocycles. The average Bonchev–Trinajstić information content (AvgIpc) is 3.60. The zero-order valence-corrected chi connectivity index (χ0v) is 29.1. The van der Waals surface area contributed by atoms with Crippen LogP contribution in [0.2, 0.25) is 10.0 Å². The Hall–Kier alpha value is -4.43. The van der Waals surface area contributed by atoms with E-state index in [-0.39, 0.29) is 30.9 Å². The first-order valence-electron chi connectivity index (χ1n) is 16.5. The third-order valence-electron chi connectivity index (χ3n) is 8.69. The molecule has 1 atom stereocenters. The molecular formula is C37H38Cl2N4O8. The van der Waals surface area contributed by atoms with E-state index in [1.165, 1.54) is 0 Å². The maximum atomic E-state index is 11.5. The fraction of sp³-hybridized carbons (Fsp3) is 0.324. The van der Waals surface area contributed by atoms with Gasteiger partial charge in [-0.15, -0.1) is 0 Å². The number of carboxylic acid groups (broad SMARTS) is 1. The summed E-state index contributed by atoms with van der Waals surface area (Å²) < 4.78 is 23.2. The van der Waals surface area contributed by atoms with Gasteiger partial charge in [0.25, 0.3) is 0 Å². The van der Waals surface area contributed by atoms with Crippen molar-refractivity contribution in [3.05, 3.63) is 99.5 Å². The first-order valence-corrected chi connectivity index (χ1v) is 17.3. The Bertz CT molecular complexity index is 1950. The van der Waals surface area contributed by atoms with E-state index < -0.39 is 18.6 Å². The minimum absolute atomic E-state index is 0.0537. The van der Waals surface area contributed by atoms with Crippen LogP contribution in [0.5, 0.6) is 17.2 Å². The summed E-state index contributed by atoms with van der Waals surface area (Å²) in [5.41, 5.74) is 5.01. The van der Waals surface area contributed by atoms with Crippen molar-refractivity contribution >= 4 is 40.2 Å². The molecule has 4 aromatic carbocycles. The Morgan fingerprint density at radius 1 is 0.922 bits per heavy atom. The fourth-order valence-electron chi connectivity index (χ4n) is 5.76. The van der Waals surface area contributed by atoms with Crippen LogP contribution in [0, 0.1) is 0 Å². The van der Waals surface area contributed by atoms with Gasteiger partial charge in [-0.25, -0.2) is 4.63 Å². The van der Waals surface area contributed by atoms with Crippen molar-refractivity contribution in [3.63, 3.8) is 0 Å². The number of nitrogens with one attached hydrogen (secondary N) is 1. The third kappa shape index (κ3) is 9.47. The summed E-state index contributed by atoms with van der Waals surface area (Å²) >= 11 is 13.6. The number of aliphatic hydroxyl groups is 2. The number of carboxylic acids is 1. The number of hydrogen-bond donors (Lipinski definition) is 4. The van der Waals surface area contributed by atoms with Gasteiger partial charge in [0.15, 0.2) is 0 Å². The average molecular weight is 738 g/mol. The fourth-order valence-corrected chi connectivity index (χ4v) is 6.29. The smallest absolute Gasteiger partial charge is 0.323 e. The molecule has 2 heterocycles. The van der Waals surface area contributed by atoms with Crippen LogP contribution >= 0.6 is 23.2 Å². The molecule has 0 aliphatic carbocycles. The van der Waals surface area contributed by atoms with Gasteiger partial charge in [0, 0.05) is 48.9 Å². The second kappa shape index (κ2) is 17.2. The van der Waals surface area contributed by atoms with Crippen LogP contribution in [-0.4, -0.2) is 81.5 Å². The molecule has 0 spiro atoms. The summed E-state index contributed by atoms with van der Waals surface area (Å²) in [6.45, 7) is 2.79. The van der Waals surface area contributed by atoms with Gasteiger partial charge in [-0.1, -0.05) is 59.6 Å². The topological polar surface area (TPSA) is 160 Å². The molecule has 0 radical (unpaired) electrons. The standard InChI is InChI=1S/C37H38Cl2N4O8/c38-30-17-26(19-40-33(20-44)37(46)47)34(49-21-23-7-8-31-32(15-23)42-51-41-31)18-35(30)50-22-25-4-2-6-29(36(25)39)24-3-1-5-28(16-24)48-14-13-43-11-9-27(45)10-12-43/h1-8,15-18,27,33,40,44-45H,9-14,19-22H2,(H,46,47)/t33-/m1/s1. The van der Waals surface area contributed by atoms with Crippen molar-refractivity contribution in [1.82, 2.24) is 20.5 Å². The number of halogens is 2. The zero-order chi connectivity index (χ0) is 35.7. The number of ether oxygens (including phenoxy) is 3. The van der Waals surface area contributed by atoms with Crippen molar-refractivity contribution in [3.8, 4) is 28.4 Å². The number of carbonyl (C=O) groups is 1. The highest BCUT2D eigenvalue weighted by Gasteiger charge is 2.19. The molecule has 4 N–H and O–H groups in total. The molecule has 1 aromatic heterocycles. The lowest BCUT2D eigenvalue weighted by molar-refractivity contribution is -0.140.